The first kappa shape index (κ1) is 14.4. The van der Waals surface area contributed by atoms with E-state index in [1.54, 1.807) is 40.2 Å². The molecule has 120 valence electrons. The molecule has 0 spiro atoms. The second kappa shape index (κ2) is 5.81. The molecule has 24 heavy (non-hydrogen) atoms. The fraction of sp³-hybridized carbons (Fsp3) is 0.167. The van der Waals surface area contributed by atoms with Crippen LogP contribution in [0.1, 0.15) is 22.3 Å². The summed E-state index contributed by atoms with van der Waals surface area (Å²) in [7, 11) is 0. The van der Waals surface area contributed by atoms with Crippen molar-refractivity contribution in [3.63, 3.8) is 0 Å². The van der Waals surface area contributed by atoms with Crippen molar-refractivity contribution in [3.05, 3.63) is 66.0 Å². The summed E-state index contributed by atoms with van der Waals surface area (Å²) in [6, 6.07) is 12.6. The van der Waals surface area contributed by atoms with E-state index in [4.69, 9.17) is 0 Å². The zero-order chi connectivity index (χ0) is 16.5. The Morgan fingerprint density at radius 3 is 2.71 bits per heavy atom. The Kier molecular flexibility index (Phi) is 3.49. The molecule has 0 atom stereocenters. The minimum atomic E-state index is -0.109. The van der Waals surface area contributed by atoms with Gasteiger partial charge < -0.3 is 10.0 Å². The van der Waals surface area contributed by atoms with Gasteiger partial charge in [-0.2, -0.15) is 0 Å². The number of aromatic nitrogens is 3. The van der Waals surface area contributed by atoms with Gasteiger partial charge in [0.2, 0.25) is 0 Å². The number of anilines is 1. The van der Waals surface area contributed by atoms with Crippen molar-refractivity contribution in [2.75, 3.05) is 11.4 Å². The second-order valence-electron chi connectivity index (χ2n) is 5.74. The molecule has 0 saturated heterocycles. The van der Waals surface area contributed by atoms with E-state index in [1.165, 1.54) is 0 Å². The summed E-state index contributed by atoms with van der Waals surface area (Å²) in [5.74, 6) is 0.0439. The van der Waals surface area contributed by atoms with Crippen molar-refractivity contribution < 1.29 is 9.90 Å². The van der Waals surface area contributed by atoms with E-state index in [1.807, 2.05) is 24.3 Å². The average molecular weight is 320 g/mol. The molecule has 2 aromatic carbocycles. The van der Waals surface area contributed by atoms with Crippen LogP contribution in [0.25, 0.3) is 5.69 Å². The summed E-state index contributed by atoms with van der Waals surface area (Å²) in [6.07, 6.45) is 5.11. The van der Waals surface area contributed by atoms with Gasteiger partial charge in [0.15, 0.2) is 0 Å². The Bertz CT molecular complexity index is 873. The molecule has 2 heterocycles. The van der Waals surface area contributed by atoms with Gasteiger partial charge in [-0.1, -0.05) is 17.3 Å². The number of phenols is 1. The topological polar surface area (TPSA) is 71.2 Å². The van der Waals surface area contributed by atoms with Gasteiger partial charge >= 0.3 is 0 Å². The molecule has 3 aromatic rings. The molecule has 1 N–H and O–H groups in total. The van der Waals surface area contributed by atoms with Crippen molar-refractivity contribution in [2.45, 2.75) is 12.8 Å². The van der Waals surface area contributed by atoms with Crippen LogP contribution >= 0.6 is 0 Å². The van der Waals surface area contributed by atoms with Crippen LogP contribution in [-0.2, 0) is 6.42 Å². The number of carbonyl (C=O) groups is 1. The third kappa shape index (κ3) is 2.42. The zero-order valence-corrected chi connectivity index (χ0v) is 13.0. The number of aryl methyl sites for hydroxylation is 1. The molecule has 4 rings (SSSR count). The number of hydrogen-bond acceptors (Lipinski definition) is 4. The molecule has 1 aliphatic heterocycles. The Balaban J connectivity index is 1.66. The number of benzene rings is 2. The summed E-state index contributed by atoms with van der Waals surface area (Å²) < 4.78 is 1.64. The predicted molar refractivity (Wildman–Crippen MR) is 89.5 cm³/mol. The first-order valence-corrected chi connectivity index (χ1v) is 7.83. The van der Waals surface area contributed by atoms with E-state index in [-0.39, 0.29) is 11.7 Å². The number of nitrogens with zero attached hydrogens (tertiary/aromatic N) is 4. The van der Waals surface area contributed by atoms with Crippen LogP contribution in [0.2, 0.25) is 0 Å². The van der Waals surface area contributed by atoms with Crippen molar-refractivity contribution >= 4 is 11.6 Å². The predicted octanol–water partition coefficient (Wildman–Crippen LogP) is 2.57. The van der Waals surface area contributed by atoms with Crippen LogP contribution in [0.4, 0.5) is 5.69 Å². The quantitative estimate of drug-likeness (QED) is 0.788. The molecule has 1 aromatic heterocycles. The van der Waals surface area contributed by atoms with E-state index < -0.39 is 0 Å². The van der Waals surface area contributed by atoms with Gasteiger partial charge in [0, 0.05) is 12.1 Å². The van der Waals surface area contributed by atoms with Crippen LogP contribution in [0.15, 0.2) is 54.9 Å². The number of carbonyl (C=O) groups excluding carboxylic acids is 1. The number of rotatable bonds is 2. The fourth-order valence-corrected chi connectivity index (χ4v) is 3.09. The van der Waals surface area contributed by atoms with Crippen LogP contribution < -0.4 is 4.90 Å². The number of fused-ring (bicyclic) bond motifs is 1. The molecule has 1 amide bonds. The van der Waals surface area contributed by atoms with Gasteiger partial charge in [0.1, 0.15) is 5.75 Å². The zero-order valence-electron chi connectivity index (χ0n) is 13.0. The summed E-state index contributed by atoms with van der Waals surface area (Å²) in [5, 5.41) is 17.9. The molecule has 0 aliphatic carbocycles. The van der Waals surface area contributed by atoms with Gasteiger partial charge in [-0.25, -0.2) is 4.68 Å². The molecule has 0 bridgehead atoms. The van der Waals surface area contributed by atoms with Crippen LogP contribution in [0.3, 0.4) is 0 Å². The van der Waals surface area contributed by atoms with Crippen molar-refractivity contribution in [1.82, 2.24) is 15.0 Å². The summed E-state index contributed by atoms with van der Waals surface area (Å²) in [4.78, 5) is 14.6. The van der Waals surface area contributed by atoms with Gasteiger partial charge in [-0.05, 0) is 48.7 Å². The van der Waals surface area contributed by atoms with Crippen LogP contribution in [0, 0.1) is 0 Å². The average Bonchev–Trinajstić information content (AvgIpc) is 3.16. The highest BCUT2D eigenvalue weighted by Gasteiger charge is 2.26. The lowest BCUT2D eigenvalue weighted by Gasteiger charge is -2.30. The largest absolute Gasteiger partial charge is 0.506 e. The smallest absolute Gasteiger partial charge is 0.258 e. The maximum Gasteiger partial charge on any atom is 0.258 e. The lowest BCUT2D eigenvalue weighted by molar-refractivity contribution is 0.0984. The van der Waals surface area contributed by atoms with Crippen LogP contribution in [-0.4, -0.2) is 32.6 Å². The highest BCUT2D eigenvalue weighted by Crippen LogP contribution is 2.36. The summed E-state index contributed by atoms with van der Waals surface area (Å²) in [5.41, 5.74) is 3.06. The molecular formula is C18H16N4O2. The number of hydrogen-bond donors (Lipinski definition) is 1. The van der Waals surface area contributed by atoms with Gasteiger partial charge in [0.05, 0.1) is 23.8 Å². The summed E-state index contributed by atoms with van der Waals surface area (Å²) >= 11 is 0. The van der Waals surface area contributed by atoms with Crippen molar-refractivity contribution in [3.8, 4) is 11.4 Å². The Labute approximate surface area is 139 Å². The summed E-state index contributed by atoms with van der Waals surface area (Å²) in [6.45, 7) is 0.605. The first-order valence-electron chi connectivity index (χ1n) is 7.83. The van der Waals surface area contributed by atoms with Gasteiger partial charge in [-0.3, -0.25) is 4.79 Å². The molecule has 6 nitrogen and oxygen atoms in total. The number of amides is 1. The molecule has 0 saturated carbocycles. The first-order chi connectivity index (χ1) is 11.7. The maximum absolute atomic E-state index is 12.9. The monoisotopic (exact) mass is 320 g/mol. The minimum Gasteiger partial charge on any atom is -0.506 e. The molecule has 1 aliphatic rings. The lowest BCUT2D eigenvalue weighted by Crippen LogP contribution is -2.35. The SMILES string of the molecule is O=C(c1ccc(-n2ccnn2)cc1)N1CCCc2cccc(O)c21. The molecular weight excluding hydrogens is 304 g/mol. The van der Waals surface area contributed by atoms with E-state index >= 15 is 0 Å². The molecule has 0 fully saturated rings. The maximum atomic E-state index is 12.9. The van der Waals surface area contributed by atoms with E-state index in [0.29, 0.717) is 17.8 Å². The molecule has 6 heteroatoms. The molecule has 0 unspecified atom stereocenters. The third-order valence-electron chi connectivity index (χ3n) is 4.24. The number of aromatic hydroxyl groups is 1. The number of phenolic OH excluding ortho intramolecular Hbond substituents is 1. The van der Waals surface area contributed by atoms with E-state index in [2.05, 4.69) is 10.3 Å². The molecule has 0 radical (unpaired) electrons. The Hall–Kier alpha value is -3.15. The third-order valence-corrected chi connectivity index (χ3v) is 4.24. The van der Waals surface area contributed by atoms with Gasteiger partial charge in [0.25, 0.3) is 5.91 Å². The number of para-hydroxylation sites is 1. The highest BCUT2D eigenvalue weighted by molar-refractivity contribution is 6.07. The van der Waals surface area contributed by atoms with Gasteiger partial charge in [-0.15, -0.1) is 5.10 Å². The van der Waals surface area contributed by atoms with Crippen molar-refractivity contribution in [2.24, 2.45) is 0 Å². The van der Waals surface area contributed by atoms with E-state index in [0.717, 1.165) is 24.1 Å². The fourth-order valence-electron chi connectivity index (χ4n) is 3.09. The Morgan fingerprint density at radius 1 is 1.12 bits per heavy atom. The normalized spacial score (nSPS) is 13.6. The minimum absolute atomic E-state index is 0.109. The lowest BCUT2D eigenvalue weighted by atomic mass is 10.00. The standard InChI is InChI=1S/C18H16N4O2/c23-16-5-1-3-13-4-2-11-21(17(13)16)18(24)14-6-8-15(9-7-14)22-12-10-19-20-22/h1,3,5-10,12,23H,2,4,11H2. The van der Waals surface area contributed by atoms with Crippen molar-refractivity contribution in [1.29, 1.82) is 0 Å². The Morgan fingerprint density at radius 2 is 1.96 bits per heavy atom. The van der Waals surface area contributed by atoms with Crippen LogP contribution in [0.5, 0.6) is 5.75 Å². The second-order valence-corrected chi connectivity index (χ2v) is 5.74. The van der Waals surface area contributed by atoms with E-state index in [9.17, 15) is 9.90 Å². The highest BCUT2D eigenvalue weighted by atomic mass is 16.3.